The number of esters is 4. The third-order valence-electron chi connectivity index (χ3n) is 10.6. The second-order valence-corrected chi connectivity index (χ2v) is 22.0. The van der Waals surface area contributed by atoms with E-state index < -0.39 is 113 Å². The number of hydrogen-bond acceptors (Lipinski definition) is 14. The van der Waals surface area contributed by atoms with Crippen LogP contribution >= 0.6 is 11.8 Å². The highest BCUT2D eigenvalue weighted by atomic mass is 32.2. The SMILES string of the molecule is CSCC[C@H](NC(=O)OCc1ccccc1)C(=O)N[C@@H](Cc1c[nH]c2ccccc12)C(=O)N[C@@H]1O[C@H](COC(=O)C(C)(C)C)[C@H](OC(=O)C(C)(C)C)[C@H](OC(=O)C(C)(C)C)[C@H]1OC(=O)C(C)(C)C. The Bertz CT molecular complexity index is 2240. The summed E-state index contributed by atoms with van der Waals surface area (Å²) in [4.78, 5) is 100. The summed E-state index contributed by atoms with van der Waals surface area (Å²) in [5, 5.41) is 9.04. The molecule has 2 heterocycles. The molecular formula is C50H70N4O13S. The topological polar surface area (TPSA) is 227 Å². The molecule has 18 heteroatoms. The number of hydrogen-bond donors (Lipinski definition) is 4. The van der Waals surface area contributed by atoms with Crippen molar-refractivity contribution < 1.29 is 62.0 Å². The number of thioether (sulfide) groups is 1. The van der Waals surface area contributed by atoms with E-state index in [0.717, 1.165) is 16.5 Å². The number of amides is 3. The lowest BCUT2D eigenvalue weighted by Gasteiger charge is -2.46. The van der Waals surface area contributed by atoms with Gasteiger partial charge in [-0.1, -0.05) is 48.5 Å². The molecule has 0 unspecified atom stereocenters. The molecule has 0 saturated carbocycles. The van der Waals surface area contributed by atoms with Gasteiger partial charge in [-0.3, -0.25) is 28.8 Å². The van der Waals surface area contributed by atoms with Gasteiger partial charge in [0, 0.05) is 23.5 Å². The lowest BCUT2D eigenvalue weighted by atomic mass is 9.92. The first-order chi connectivity index (χ1) is 31.6. The molecule has 2 aromatic carbocycles. The minimum atomic E-state index is -1.68. The van der Waals surface area contributed by atoms with Crippen LogP contribution in [0.15, 0.2) is 60.8 Å². The average Bonchev–Trinajstić information content (AvgIpc) is 3.66. The van der Waals surface area contributed by atoms with Crippen LogP contribution in [-0.2, 0) is 70.2 Å². The molecule has 68 heavy (non-hydrogen) atoms. The van der Waals surface area contributed by atoms with E-state index in [1.807, 2.05) is 36.6 Å². The van der Waals surface area contributed by atoms with Gasteiger partial charge in [-0.25, -0.2) is 4.79 Å². The van der Waals surface area contributed by atoms with Crippen molar-refractivity contribution in [1.29, 1.82) is 0 Å². The van der Waals surface area contributed by atoms with Crippen molar-refractivity contribution >= 4 is 64.4 Å². The second-order valence-electron chi connectivity index (χ2n) is 21.0. The predicted octanol–water partition coefficient (Wildman–Crippen LogP) is 6.55. The molecular weight excluding hydrogens is 897 g/mol. The molecule has 1 saturated heterocycles. The van der Waals surface area contributed by atoms with Gasteiger partial charge in [0.25, 0.3) is 0 Å². The number of rotatable bonds is 17. The molecule has 7 atom stereocenters. The summed E-state index contributed by atoms with van der Waals surface area (Å²) in [5.74, 6) is -4.01. The summed E-state index contributed by atoms with van der Waals surface area (Å²) < 4.78 is 36.0. The van der Waals surface area contributed by atoms with Gasteiger partial charge >= 0.3 is 30.0 Å². The number of nitrogens with one attached hydrogen (secondary N) is 4. The van der Waals surface area contributed by atoms with Crippen molar-refractivity contribution in [3.63, 3.8) is 0 Å². The van der Waals surface area contributed by atoms with E-state index in [2.05, 4.69) is 20.9 Å². The fourth-order valence-electron chi connectivity index (χ4n) is 6.50. The van der Waals surface area contributed by atoms with Crippen LogP contribution < -0.4 is 16.0 Å². The lowest BCUT2D eigenvalue weighted by Crippen LogP contribution is -2.68. The third kappa shape index (κ3) is 15.7. The summed E-state index contributed by atoms with van der Waals surface area (Å²) in [6.45, 7) is 18.8. The molecule has 1 aliphatic heterocycles. The molecule has 1 aliphatic rings. The van der Waals surface area contributed by atoms with Crippen LogP contribution in [0, 0.1) is 21.7 Å². The number of ether oxygens (including phenoxy) is 6. The van der Waals surface area contributed by atoms with Gasteiger partial charge < -0.3 is 49.4 Å². The molecule has 3 amide bonds. The largest absolute Gasteiger partial charge is 0.462 e. The van der Waals surface area contributed by atoms with E-state index in [1.165, 1.54) is 11.8 Å². The molecule has 1 fully saturated rings. The Morgan fingerprint density at radius 2 is 1.19 bits per heavy atom. The second kappa shape index (κ2) is 23.1. The first-order valence-electron chi connectivity index (χ1n) is 22.7. The van der Waals surface area contributed by atoms with Gasteiger partial charge in [-0.05, 0) is 119 Å². The third-order valence-corrected chi connectivity index (χ3v) is 11.3. The fourth-order valence-corrected chi connectivity index (χ4v) is 6.97. The number of aromatic amines is 1. The van der Waals surface area contributed by atoms with Crippen LogP contribution in [0.25, 0.3) is 10.9 Å². The Kier molecular flexibility index (Phi) is 18.7. The summed E-state index contributed by atoms with van der Waals surface area (Å²) in [6.07, 6.45) is -5.14. The smallest absolute Gasteiger partial charge is 0.408 e. The van der Waals surface area contributed by atoms with Crippen LogP contribution in [0.5, 0.6) is 0 Å². The number of alkyl carbamates (subject to hydrolysis) is 1. The average molecular weight is 967 g/mol. The fraction of sp³-hybridized carbons (Fsp3) is 0.580. The van der Waals surface area contributed by atoms with E-state index >= 15 is 0 Å². The zero-order valence-corrected chi connectivity index (χ0v) is 42.4. The first-order valence-corrected chi connectivity index (χ1v) is 24.1. The zero-order chi connectivity index (χ0) is 50.8. The van der Waals surface area contributed by atoms with Gasteiger partial charge in [-0.15, -0.1) is 0 Å². The number of fused-ring (bicyclic) bond motifs is 1. The first kappa shape index (κ1) is 55.0. The minimum Gasteiger partial charge on any atom is -0.462 e. The van der Waals surface area contributed by atoms with Crippen LogP contribution in [0.4, 0.5) is 4.79 Å². The molecule has 374 valence electrons. The Hall–Kier alpha value is -5.62. The van der Waals surface area contributed by atoms with Crippen molar-refractivity contribution in [2.75, 3.05) is 18.6 Å². The van der Waals surface area contributed by atoms with Gasteiger partial charge in [0.05, 0.1) is 21.7 Å². The quantitative estimate of drug-likeness (QED) is 0.0832. The van der Waals surface area contributed by atoms with Crippen LogP contribution in [-0.4, -0.2) is 108 Å². The number of para-hydroxylation sites is 1. The van der Waals surface area contributed by atoms with Crippen molar-refractivity contribution in [3.8, 4) is 0 Å². The van der Waals surface area contributed by atoms with Gasteiger partial charge in [0.15, 0.2) is 24.5 Å². The number of carbonyl (C=O) groups excluding carboxylic acids is 7. The molecule has 0 spiro atoms. The van der Waals surface area contributed by atoms with Crippen molar-refractivity contribution in [2.45, 2.75) is 145 Å². The van der Waals surface area contributed by atoms with E-state index in [-0.39, 0.29) is 19.4 Å². The maximum Gasteiger partial charge on any atom is 0.408 e. The Morgan fingerprint density at radius 1 is 0.647 bits per heavy atom. The molecule has 17 nitrogen and oxygen atoms in total. The molecule has 3 aromatic rings. The van der Waals surface area contributed by atoms with E-state index in [4.69, 9.17) is 28.4 Å². The Balaban J connectivity index is 1.81. The lowest BCUT2D eigenvalue weighted by molar-refractivity contribution is -0.264. The maximum atomic E-state index is 15.0. The molecule has 4 rings (SSSR count). The molecule has 0 aliphatic carbocycles. The minimum absolute atomic E-state index is 0.0454. The van der Waals surface area contributed by atoms with E-state index in [0.29, 0.717) is 11.3 Å². The number of H-pyrrole nitrogens is 1. The normalized spacial score (nSPS) is 19.7. The highest BCUT2D eigenvalue weighted by Crippen LogP contribution is 2.34. The Morgan fingerprint density at radius 3 is 1.76 bits per heavy atom. The Labute approximate surface area is 403 Å². The van der Waals surface area contributed by atoms with Crippen molar-refractivity contribution in [1.82, 2.24) is 20.9 Å². The summed E-state index contributed by atoms with van der Waals surface area (Å²) in [6, 6.07) is 13.9. The maximum absolute atomic E-state index is 15.0. The monoisotopic (exact) mass is 966 g/mol. The number of benzene rings is 2. The molecule has 4 N–H and O–H groups in total. The standard InChI is InChI=1S/C50H70N4O13S/c1-47(2,3)42(57)62-28-35-36(65-43(58)48(4,5)6)37(66-44(59)49(7,8)9)38(67-45(60)50(10,11)12)41(64-35)54-40(56)34(25-30-26-51-32-22-18-17-21-31(30)32)52-39(55)33(23-24-68-13)53-46(61)63-27-29-19-15-14-16-20-29/h14-22,26,33-38,41,51H,23-25,27-28H2,1-13H3,(H,52,55)(H,53,61)(H,54,56)/t33-,34-,35+,36-,37-,38+,41+/m0/s1. The number of carbonyl (C=O) groups is 7. The van der Waals surface area contributed by atoms with E-state index in [9.17, 15) is 33.6 Å². The van der Waals surface area contributed by atoms with Crippen LogP contribution in [0.2, 0.25) is 0 Å². The van der Waals surface area contributed by atoms with Gasteiger partial charge in [0.1, 0.15) is 31.4 Å². The molecule has 0 bridgehead atoms. The van der Waals surface area contributed by atoms with Crippen LogP contribution in [0.1, 0.15) is 101 Å². The predicted molar refractivity (Wildman–Crippen MR) is 256 cm³/mol. The summed E-state index contributed by atoms with van der Waals surface area (Å²) in [5.41, 5.74) is -2.19. The van der Waals surface area contributed by atoms with Gasteiger partial charge in [0.2, 0.25) is 11.8 Å². The molecule has 0 radical (unpaired) electrons. The zero-order valence-electron chi connectivity index (χ0n) is 41.6. The van der Waals surface area contributed by atoms with Crippen molar-refractivity contribution in [3.05, 3.63) is 71.9 Å². The molecule has 1 aromatic heterocycles. The summed E-state index contributed by atoms with van der Waals surface area (Å²) >= 11 is 1.45. The highest BCUT2D eigenvalue weighted by Gasteiger charge is 2.55. The number of aromatic nitrogens is 1. The van der Waals surface area contributed by atoms with Crippen LogP contribution in [0.3, 0.4) is 0 Å². The highest BCUT2D eigenvalue weighted by molar-refractivity contribution is 7.98. The van der Waals surface area contributed by atoms with Crippen molar-refractivity contribution in [2.24, 2.45) is 21.7 Å². The van der Waals surface area contributed by atoms with Gasteiger partial charge in [-0.2, -0.15) is 11.8 Å². The summed E-state index contributed by atoms with van der Waals surface area (Å²) in [7, 11) is 0. The van der Waals surface area contributed by atoms with E-state index in [1.54, 1.807) is 114 Å².